The van der Waals surface area contributed by atoms with Gasteiger partial charge in [-0.05, 0) is 12.5 Å². The van der Waals surface area contributed by atoms with E-state index in [1.165, 1.54) is 0 Å². The third-order valence-electron chi connectivity index (χ3n) is 1.52. The van der Waals surface area contributed by atoms with E-state index in [0.29, 0.717) is 6.54 Å². The number of carbonyl (C=O) groups is 1. The number of carbonyl (C=O) groups excluding carboxylic acids is 1. The molecule has 64 valence electrons. The number of carboxylic acid groups (broad SMARTS) is 1. The number of aryl methyl sites for hydroxylation is 1. The van der Waals surface area contributed by atoms with Gasteiger partial charge in [-0.15, -0.1) is 0 Å². The first-order valence-corrected chi connectivity index (χ1v) is 3.69. The average molecular weight is 164 g/mol. The first-order chi connectivity index (χ1) is 5.68. The Bertz CT molecular complexity index is 284. The summed E-state index contributed by atoms with van der Waals surface area (Å²) in [5.41, 5.74) is 2.06. The van der Waals surface area contributed by atoms with Crippen molar-refractivity contribution in [2.75, 3.05) is 0 Å². The van der Waals surface area contributed by atoms with Crippen LogP contribution >= 0.6 is 0 Å². The molecule has 0 saturated heterocycles. The highest BCUT2D eigenvalue weighted by Gasteiger charge is 1.91. The monoisotopic (exact) mass is 164 g/mol. The third kappa shape index (κ3) is 2.62. The minimum atomic E-state index is -1.24. The van der Waals surface area contributed by atoms with Crippen LogP contribution in [0.5, 0.6) is 0 Å². The van der Waals surface area contributed by atoms with Crippen molar-refractivity contribution in [1.82, 2.24) is 5.32 Å². The smallest absolute Gasteiger partial charge is 0.134 e. The molecule has 3 heteroatoms. The predicted molar refractivity (Wildman–Crippen MR) is 43.4 cm³/mol. The Hall–Kier alpha value is -1.51. The van der Waals surface area contributed by atoms with Crippen LogP contribution in [0.2, 0.25) is 0 Å². The molecule has 0 aliphatic rings. The van der Waals surface area contributed by atoms with Crippen LogP contribution in [0.4, 0.5) is 4.79 Å². The second-order valence-corrected chi connectivity index (χ2v) is 2.63. The van der Waals surface area contributed by atoms with Crippen molar-refractivity contribution in [1.29, 1.82) is 0 Å². The maximum atomic E-state index is 10.0. The van der Waals surface area contributed by atoms with Crippen molar-refractivity contribution < 1.29 is 9.90 Å². The molecule has 3 nitrogen and oxygen atoms in total. The molecule has 1 rings (SSSR count). The molecule has 0 saturated carbocycles. The van der Waals surface area contributed by atoms with E-state index in [2.05, 4.69) is 5.32 Å². The van der Waals surface area contributed by atoms with E-state index < -0.39 is 6.09 Å². The Morgan fingerprint density at radius 3 is 2.92 bits per heavy atom. The number of benzene rings is 1. The molecule has 0 atom stereocenters. The number of hydrogen-bond donors (Lipinski definition) is 1. The van der Waals surface area contributed by atoms with E-state index in [1.807, 2.05) is 31.2 Å². The molecule has 0 fully saturated rings. The van der Waals surface area contributed by atoms with Crippen LogP contribution in [-0.4, -0.2) is 6.09 Å². The lowest BCUT2D eigenvalue weighted by molar-refractivity contribution is -0.251. The maximum absolute atomic E-state index is 10.0. The molecule has 0 heterocycles. The lowest BCUT2D eigenvalue weighted by atomic mass is 10.1. The Labute approximate surface area is 71.0 Å². The van der Waals surface area contributed by atoms with E-state index >= 15 is 0 Å². The quantitative estimate of drug-likeness (QED) is 0.689. The Morgan fingerprint density at radius 1 is 1.58 bits per heavy atom. The summed E-state index contributed by atoms with van der Waals surface area (Å²) in [6.07, 6.45) is -1.24. The SMILES string of the molecule is Cc1cccc(CNC(=O)[O-])c1. The molecule has 0 bridgehead atoms. The van der Waals surface area contributed by atoms with Crippen LogP contribution in [0, 0.1) is 6.92 Å². The van der Waals surface area contributed by atoms with E-state index in [4.69, 9.17) is 0 Å². The van der Waals surface area contributed by atoms with E-state index in [1.54, 1.807) is 0 Å². The van der Waals surface area contributed by atoms with Crippen LogP contribution in [-0.2, 0) is 6.54 Å². The standard InChI is InChI=1S/C9H11NO2/c1-7-3-2-4-8(5-7)6-10-9(11)12/h2-5,10H,6H2,1H3,(H,11,12)/p-1. The highest BCUT2D eigenvalue weighted by molar-refractivity contribution is 5.61. The summed E-state index contributed by atoms with van der Waals surface area (Å²) in [5, 5.41) is 12.2. The molecule has 1 N–H and O–H groups in total. The van der Waals surface area contributed by atoms with Gasteiger partial charge >= 0.3 is 0 Å². The summed E-state index contributed by atoms with van der Waals surface area (Å²) < 4.78 is 0. The van der Waals surface area contributed by atoms with Crippen molar-refractivity contribution in [2.45, 2.75) is 13.5 Å². The molecular weight excluding hydrogens is 154 g/mol. The number of hydrogen-bond acceptors (Lipinski definition) is 2. The zero-order chi connectivity index (χ0) is 8.97. The van der Waals surface area contributed by atoms with Gasteiger partial charge in [-0.3, -0.25) is 0 Å². The fourth-order valence-corrected chi connectivity index (χ4v) is 0.996. The van der Waals surface area contributed by atoms with E-state index in [0.717, 1.165) is 11.1 Å². The van der Waals surface area contributed by atoms with Crippen molar-refractivity contribution >= 4 is 6.09 Å². The molecule has 1 aromatic carbocycles. The molecule has 0 aliphatic heterocycles. The van der Waals surface area contributed by atoms with Gasteiger partial charge in [0.2, 0.25) is 0 Å². The fraction of sp³-hybridized carbons (Fsp3) is 0.222. The maximum Gasteiger partial charge on any atom is 0.134 e. The van der Waals surface area contributed by atoms with Crippen molar-refractivity contribution in [3.63, 3.8) is 0 Å². The Balaban J connectivity index is 2.57. The van der Waals surface area contributed by atoms with Gasteiger partial charge in [0, 0.05) is 6.54 Å². The number of rotatable bonds is 2. The van der Waals surface area contributed by atoms with Gasteiger partial charge in [0.25, 0.3) is 0 Å². The van der Waals surface area contributed by atoms with Gasteiger partial charge in [-0.25, -0.2) is 0 Å². The Kier molecular flexibility index (Phi) is 2.69. The largest absolute Gasteiger partial charge is 0.530 e. The minimum absolute atomic E-state index is 0.310. The Morgan fingerprint density at radius 2 is 2.33 bits per heavy atom. The summed E-state index contributed by atoms with van der Waals surface area (Å²) in [6, 6.07) is 7.64. The molecule has 12 heavy (non-hydrogen) atoms. The van der Waals surface area contributed by atoms with E-state index in [9.17, 15) is 9.90 Å². The van der Waals surface area contributed by atoms with Crippen molar-refractivity contribution in [2.24, 2.45) is 0 Å². The lowest BCUT2D eigenvalue weighted by Gasteiger charge is -2.06. The molecular formula is C9H10NO2-. The highest BCUT2D eigenvalue weighted by atomic mass is 16.4. The second-order valence-electron chi connectivity index (χ2n) is 2.63. The van der Waals surface area contributed by atoms with Gasteiger partial charge in [0.05, 0.1) is 0 Å². The van der Waals surface area contributed by atoms with Crippen LogP contribution in [0.25, 0.3) is 0 Å². The van der Waals surface area contributed by atoms with Crippen LogP contribution in [0.3, 0.4) is 0 Å². The second kappa shape index (κ2) is 3.76. The predicted octanol–water partition coefficient (Wildman–Crippen LogP) is 0.428. The third-order valence-corrected chi connectivity index (χ3v) is 1.52. The normalized spacial score (nSPS) is 9.42. The van der Waals surface area contributed by atoms with Gasteiger partial charge in [0.15, 0.2) is 0 Å². The summed E-state index contributed by atoms with van der Waals surface area (Å²) in [5.74, 6) is 0. The summed E-state index contributed by atoms with van der Waals surface area (Å²) in [6.45, 7) is 2.27. The summed E-state index contributed by atoms with van der Waals surface area (Å²) in [4.78, 5) is 10.0. The molecule has 1 amide bonds. The topological polar surface area (TPSA) is 52.2 Å². The molecule has 0 aliphatic carbocycles. The first kappa shape index (κ1) is 8.59. The van der Waals surface area contributed by atoms with E-state index in [-0.39, 0.29) is 0 Å². The molecule has 0 radical (unpaired) electrons. The number of nitrogens with one attached hydrogen (secondary N) is 1. The molecule has 1 aromatic rings. The lowest BCUT2D eigenvalue weighted by Crippen LogP contribution is -2.35. The van der Waals surface area contributed by atoms with Gasteiger partial charge < -0.3 is 15.2 Å². The summed E-state index contributed by atoms with van der Waals surface area (Å²) in [7, 11) is 0. The molecule has 0 spiro atoms. The van der Waals surface area contributed by atoms with Gasteiger partial charge in [0.1, 0.15) is 6.09 Å². The van der Waals surface area contributed by atoms with Gasteiger partial charge in [-0.1, -0.05) is 29.8 Å². The fourth-order valence-electron chi connectivity index (χ4n) is 0.996. The zero-order valence-corrected chi connectivity index (χ0v) is 6.83. The van der Waals surface area contributed by atoms with Gasteiger partial charge in [-0.2, -0.15) is 0 Å². The zero-order valence-electron chi connectivity index (χ0n) is 6.83. The van der Waals surface area contributed by atoms with Crippen LogP contribution in [0.1, 0.15) is 11.1 Å². The first-order valence-electron chi connectivity index (χ1n) is 3.69. The summed E-state index contributed by atoms with van der Waals surface area (Å²) >= 11 is 0. The molecule has 0 unspecified atom stereocenters. The highest BCUT2D eigenvalue weighted by Crippen LogP contribution is 2.02. The van der Waals surface area contributed by atoms with Crippen molar-refractivity contribution in [3.05, 3.63) is 35.4 Å². The van der Waals surface area contributed by atoms with Crippen LogP contribution < -0.4 is 10.4 Å². The van der Waals surface area contributed by atoms with Crippen molar-refractivity contribution in [3.8, 4) is 0 Å². The number of amides is 1. The van der Waals surface area contributed by atoms with Crippen LogP contribution in [0.15, 0.2) is 24.3 Å². The minimum Gasteiger partial charge on any atom is -0.530 e. The molecule has 0 aromatic heterocycles. The average Bonchev–Trinajstić information content (AvgIpc) is 2.01.